The summed E-state index contributed by atoms with van der Waals surface area (Å²) in [5.74, 6) is 1.78. The van der Waals surface area contributed by atoms with Crippen molar-refractivity contribution in [3.63, 3.8) is 0 Å². The Kier molecular flexibility index (Phi) is 5.84. The van der Waals surface area contributed by atoms with Gasteiger partial charge in [0.25, 0.3) is 5.91 Å². The van der Waals surface area contributed by atoms with Gasteiger partial charge in [-0.1, -0.05) is 6.92 Å². The summed E-state index contributed by atoms with van der Waals surface area (Å²) in [6.45, 7) is 2.24. The zero-order valence-corrected chi connectivity index (χ0v) is 14.1. The second-order valence-corrected chi connectivity index (χ2v) is 5.72. The van der Waals surface area contributed by atoms with Crippen LogP contribution in [0.25, 0.3) is 0 Å². The second-order valence-electron chi connectivity index (χ2n) is 5.72. The highest BCUT2D eigenvalue weighted by Gasteiger charge is 2.18. The van der Waals surface area contributed by atoms with Crippen LogP contribution < -0.4 is 19.6 Å². The van der Waals surface area contributed by atoms with Crippen LogP contribution in [0.4, 0.5) is 0 Å². The van der Waals surface area contributed by atoms with Gasteiger partial charge in [0.1, 0.15) is 0 Å². The van der Waals surface area contributed by atoms with Crippen molar-refractivity contribution in [2.75, 3.05) is 21.3 Å². The van der Waals surface area contributed by atoms with E-state index in [2.05, 4.69) is 17.5 Å². The molecule has 1 aliphatic rings. The van der Waals surface area contributed by atoms with E-state index in [1.54, 1.807) is 12.1 Å². The minimum absolute atomic E-state index is 0.296. The Labute approximate surface area is 136 Å². The average Bonchev–Trinajstić information content (AvgIpc) is 2.59. The number of nitrogens with one attached hydrogen (secondary N) is 1. The van der Waals surface area contributed by atoms with E-state index < -0.39 is 0 Å². The van der Waals surface area contributed by atoms with Crippen molar-refractivity contribution in [2.45, 2.75) is 32.6 Å². The Hall–Kier alpha value is -2.24. The molecule has 1 fully saturated rings. The fourth-order valence-electron chi connectivity index (χ4n) is 2.61. The monoisotopic (exact) mass is 320 g/mol. The summed E-state index contributed by atoms with van der Waals surface area (Å²) in [6, 6.07) is 3.22. The van der Waals surface area contributed by atoms with Crippen molar-refractivity contribution >= 4 is 11.6 Å². The first-order valence-electron chi connectivity index (χ1n) is 7.74. The summed E-state index contributed by atoms with van der Waals surface area (Å²) in [7, 11) is 4.56. The molecule has 0 spiro atoms. The molecule has 0 heterocycles. The lowest BCUT2D eigenvalue weighted by Crippen LogP contribution is -2.22. The van der Waals surface area contributed by atoms with Gasteiger partial charge in [-0.3, -0.25) is 4.79 Å². The second kappa shape index (κ2) is 7.85. The van der Waals surface area contributed by atoms with E-state index in [1.807, 2.05) is 0 Å². The van der Waals surface area contributed by atoms with Crippen LogP contribution in [0.15, 0.2) is 17.2 Å². The van der Waals surface area contributed by atoms with Crippen molar-refractivity contribution in [1.82, 2.24) is 5.43 Å². The molecule has 0 aromatic heterocycles. The number of hydrogen-bond acceptors (Lipinski definition) is 5. The number of benzene rings is 1. The maximum absolute atomic E-state index is 12.3. The number of methoxy groups -OCH3 is 3. The summed E-state index contributed by atoms with van der Waals surface area (Å²) in [5.41, 5.74) is 4.08. The highest BCUT2D eigenvalue weighted by atomic mass is 16.5. The zero-order chi connectivity index (χ0) is 16.8. The van der Waals surface area contributed by atoms with Gasteiger partial charge >= 0.3 is 0 Å². The summed E-state index contributed by atoms with van der Waals surface area (Å²) in [4.78, 5) is 12.3. The predicted molar refractivity (Wildman–Crippen MR) is 88.6 cm³/mol. The third-order valence-corrected chi connectivity index (χ3v) is 4.09. The van der Waals surface area contributed by atoms with Crippen molar-refractivity contribution in [2.24, 2.45) is 11.0 Å². The SMILES string of the molecule is COc1cc(C(=O)NN=C2CCC(C)CC2)cc(OC)c1OC. The molecule has 1 amide bonds. The largest absolute Gasteiger partial charge is 0.493 e. The number of hydrogen-bond donors (Lipinski definition) is 1. The topological polar surface area (TPSA) is 69.2 Å². The number of rotatable bonds is 5. The molecular weight excluding hydrogens is 296 g/mol. The Morgan fingerprint density at radius 2 is 1.65 bits per heavy atom. The van der Waals surface area contributed by atoms with E-state index in [1.165, 1.54) is 21.3 Å². The van der Waals surface area contributed by atoms with Gasteiger partial charge in [0.15, 0.2) is 11.5 Å². The Morgan fingerprint density at radius 3 is 2.13 bits per heavy atom. The van der Waals surface area contributed by atoms with Crippen LogP contribution in [0.5, 0.6) is 17.2 Å². The lowest BCUT2D eigenvalue weighted by molar-refractivity contribution is 0.0953. The maximum Gasteiger partial charge on any atom is 0.271 e. The molecule has 0 aliphatic heterocycles. The molecule has 0 bridgehead atoms. The van der Waals surface area contributed by atoms with E-state index in [0.717, 1.165) is 37.3 Å². The van der Waals surface area contributed by atoms with Crippen LogP contribution >= 0.6 is 0 Å². The van der Waals surface area contributed by atoms with Gasteiger partial charge in [-0.2, -0.15) is 5.10 Å². The highest BCUT2D eigenvalue weighted by Crippen LogP contribution is 2.38. The van der Waals surface area contributed by atoms with Crippen molar-refractivity contribution in [3.05, 3.63) is 17.7 Å². The van der Waals surface area contributed by atoms with Crippen LogP contribution in [-0.4, -0.2) is 32.9 Å². The number of carbonyl (C=O) groups excluding carboxylic acids is 1. The molecule has 2 rings (SSSR count). The van der Waals surface area contributed by atoms with Crippen LogP contribution in [-0.2, 0) is 0 Å². The van der Waals surface area contributed by atoms with E-state index >= 15 is 0 Å². The lowest BCUT2D eigenvalue weighted by Gasteiger charge is -2.18. The summed E-state index contributed by atoms with van der Waals surface area (Å²) in [5, 5.41) is 4.25. The molecular formula is C17H24N2O4. The lowest BCUT2D eigenvalue weighted by atomic mass is 9.90. The molecule has 0 saturated heterocycles. The van der Waals surface area contributed by atoms with Gasteiger partial charge < -0.3 is 14.2 Å². The van der Waals surface area contributed by atoms with Crippen molar-refractivity contribution in [1.29, 1.82) is 0 Å². The van der Waals surface area contributed by atoms with Gasteiger partial charge in [0.2, 0.25) is 5.75 Å². The van der Waals surface area contributed by atoms with Gasteiger partial charge in [-0.05, 0) is 43.7 Å². The molecule has 6 heteroatoms. The van der Waals surface area contributed by atoms with Crippen molar-refractivity contribution < 1.29 is 19.0 Å². The summed E-state index contributed by atoms with van der Waals surface area (Å²) in [6.07, 6.45) is 4.13. The van der Waals surface area contributed by atoms with Crippen LogP contribution in [0, 0.1) is 5.92 Å². The fraction of sp³-hybridized carbons (Fsp3) is 0.529. The van der Waals surface area contributed by atoms with Crippen LogP contribution in [0.1, 0.15) is 43.0 Å². The third kappa shape index (κ3) is 4.15. The van der Waals surface area contributed by atoms with Gasteiger partial charge in [0, 0.05) is 11.3 Å². The van der Waals surface area contributed by atoms with Crippen LogP contribution in [0.2, 0.25) is 0 Å². The first-order valence-corrected chi connectivity index (χ1v) is 7.74. The van der Waals surface area contributed by atoms with E-state index in [-0.39, 0.29) is 5.91 Å². The minimum atomic E-state index is -0.296. The maximum atomic E-state index is 12.3. The summed E-state index contributed by atoms with van der Waals surface area (Å²) >= 11 is 0. The first kappa shape index (κ1) is 17.1. The molecule has 1 aliphatic carbocycles. The number of hydrazone groups is 1. The minimum Gasteiger partial charge on any atom is -0.493 e. The third-order valence-electron chi connectivity index (χ3n) is 4.09. The Bertz CT molecular complexity index is 563. The number of nitrogens with zero attached hydrogens (tertiary/aromatic N) is 1. The molecule has 0 atom stereocenters. The Morgan fingerprint density at radius 1 is 1.09 bits per heavy atom. The average molecular weight is 320 g/mol. The quantitative estimate of drug-likeness (QED) is 0.847. The molecule has 0 unspecified atom stereocenters. The smallest absolute Gasteiger partial charge is 0.271 e. The number of amides is 1. The molecule has 1 N–H and O–H groups in total. The van der Waals surface area contributed by atoms with E-state index in [4.69, 9.17) is 14.2 Å². The summed E-state index contributed by atoms with van der Waals surface area (Å²) < 4.78 is 15.8. The predicted octanol–water partition coefficient (Wildman–Crippen LogP) is 3.01. The standard InChI is InChI=1S/C17H24N2O4/c1-11-5-7-13(8-6-11)18-19-17(20)12-9-14(21-2)16(23-4)15(10-12)22-3/h9-11H,5-8H2,1-4H3,(H,19,20). The molecule has 6 nitrogen and oxygen atoms in total. The van der Waals surface area contributed by atoms with Crippen molar-refractivity contribution in [3.8, 4) is 17.2 Å². The van der Waals surface area contributed by atoms with Gasteiger partial charge in [-0.15, -0.1) is 0 Å². The molecule has 0 radical (unpaired) electrons. The van der Waals surface area contributed by atoms with E-state index in [0.29, 0.717) is 22.8 Å². The Balaban J connectivity index is 2.14. The molecule has 1 saturated carbocycles. The zero-order valence-electron chi connectivity index (χ0n) is 14.1. The molecule has 1 aromatic rings. The van der Waals surface area contributed by atoms with Crippen LogP contribution in [0.3, 0.4) is 0 Å². The van der Waals surface area contributed by atoms with E-state index in [9.17, 15) is 4.79 Å². The normalized spacial score (nSPS) is 17.4. The van der Waals surface area contributed by atoms with Gasteiger partial charge in [-0.25, -0.2) is 5.43 Å². The van der Waals surface area contributed by atoms with Gasteiger partial charge in [0.05, 0.1) is 21.3 Å². The first-order chi connectivity index (χ1) is 11.1. The number of carbonyl (C=O) groups is 1. The number of ether oxygens (including phenoxy) is 3. The highest BCUT2D eigenvalue weighted by molar-refractivity contribution is 5.96. The molecule has 1 aromatic carbocycles. The molecule has 126 valence electrons. The molecule has 23 heavy (non-hydrogen) atoms. The fourth-order valence-corrected chi connectivity index (χ4v) is 2.61.